The van der Waals surface area contributed by atoms with Crippen molar-refractivity contribution in [2.45, 2.75) is 20.8 Å². The monoisotopic (exact) mass is 361 g/mol. The number of aromatic hydroxyl groups is 1. The van der Waals surface area contributed by atoms with Crippen molar-refractivity contribution in [3.05, 3.63) is 68.8 Å². The Labute approximate surface area is 155 Å². The third-order valence-electron chi connectivity index (χ3n) is 4.81. The first kappa shape index (κ1) is 16.5. The molecule has 0 atom stereocenters. The number of hydrogen-bond donors (Lipinski definition) is 2. The highest BCUT2D eigenvalue weighted by molar-refractivity contribution is 7.10. The predicted octanol–water partition coefficient (Wildman–Crippen LogP) is 4.99. The summed E-state index contributed by atoms with van der Waals surface area (Å²) in [4.78, 5) is 5.55. The zero-order valence-electron chi connectivity index (χ0n) is 14.9. The Balaban J connectivity index is 1.88. The Morgan fingerprint density at radius 3 is 2.65 bits per heavy atom. The van der Waals surface area contributed by atoms with Gasteiger partial charge in [0.1, 0.15) is 0 Å². The predicted molar refractivity (Wildman–Crippen MR) is 108 cm³/mol. The highest BCUT2D eigenvalue weighted by atomic mass is 32.1. The quantitative estimate of drug-likeness (QED) is 0.664. The molecule has 5 heteroatoms. The summed E-state index contributed by atoms with van der Waals surface area (Å²) in [5.74, 6) is 0.0957. The molecule has 0 amide bonds. The molecule has 1 aliphatic heterocycles. The molecule has 4 rings (SSSR count). The van der Waals surface area contributed by atoms with Gasteiger partial charge in [0.05, 0.1) is 16.3 Å². The largest absolute Gasteiger partial charge is 0.493 e. The van der Waals surface area contributed by atoms with E-state index in [1.807, 2.05) is 69.3 Å². The second-order valence-corrected chi connectivity index (χ2v) is 7.45. The zero-order valence-corrected chi connectivity index (χ0v) is 15.7. The summed E-state index contributed by atoms with van der Waals surface area (Å²) in [5.41, 5.74) is 6.94. The van der Waals surface area contributed by atoms with Crippen molar-refractivity contribution in [2.75, 3.05) is 0 Å². The minimum Gasteiger partial charge on any atom is -0.493 e. The summed E-state index contributed by atoms with van der Waals surface area (Å²) in [6.45, 7) is 6.01. The first-order valence-electron chi connectivity index (χ1n) is 8.40. The topological polar surface area (TPSA) is 61.4 Å². The lowest BCUT2D eigenvalue weighted by Crippen LogP contribution is -2.11. The molecule has 0 saturated heterocycles. The Kier molecular flexibility index (Phi) is 3.89. The molecule has 4 nitrogen and oxygen atoms in total. The van der Waals surface area contributed by atoms with Gasteiger partial charge in [0, 0.05) is 16.8 Å². The molecule has 3 aromatic rings. The third kappa shape index (κ3) is 2.52. The van der Waals surface area contributed by atoms with Crippen molar-refractivity contribution >= 4 is 34.4 Å². The maximum absolute atomic E-state index is 10.8. The Hall–Kier alpha value is -2.92. The molecule has 0 spiro atoms. The average molecular weight is 361 g/mol. The second-order valence-electron chi connectivity index (χ2n) is 6.42. The lowest BCUT2D eigenvalue weighted by Gasteiger charge is -2.10. The van der Waals surface area contributed by atoms with Crippen LogP contribution in [0.5, 0.6) is 5.88 Å². The van der Waals surface area contributed by atoms with Crippen LogP contribution >= 0.6 is 11.3 Å². The van der Waals surface area contributed by atoms with E-state index < -0.39 is 0 Å². The van der Waals surface area contributed by atoms with E-state index >= 15 is 0 Å². The summed E-state index contributed by atoms with van der Waals surface area (Å²) in [6, 6.07) is 13.9. The van der Waals surface area contributed by atoms with Crippen LogP contribution < -0.4 is 4.80 Å². The SMILES string of the molecule is CC1=Nc2ccccc2C1=Cc1sc(=N)n(-c2cccc(C)c2C)c1O. The van der Waals surface area contributed by atoms with Crippen molar-refractivity contribution in [2.24, 2.45) is 4.99 Å². The normalized spacial score (nSPS) is 14.6. The fraction of sp³-hybridized carbons (Fsp3) is 0.143. The van der Waals surface area contributed by atoms with Crippen LogP contribution in [-0.2, 0) is 0 Å². The van der Waals surface area contributed by atoms with Crippen LogP contribution in [0.15, 0.2) is 47.5 Å². The van der Waals surface area contributed by atoms with Crippen molar-refractivity contribution in [1.29, 1.82) is 5.41 Å². The molecule has 1 aliphatic rings. The summed E-state index contributed by atoms with van der Waals surface area (Å²) < 4.78 is 1.60. The molecule has 1 aromatic heterocycles. The van der Waals surface area contributed by atoms with E-state index in [0.29, 0.717) is 9.68 Å². The third-order valence-corrected chi connectivity index (χ3v) is 5.70. The Bertz CT molecular complexity index is 1150. The summed E-state index contributed by atoms with van der Waals surface area (Å²) in [6.07, 6.45) is 1.93. The van der Waals surface area contributed by atoms with Crippen LogP contribution in [0.3, 0.4) is 0 Å². The number of nitrogens with one attached hydrogen (secondary N) is 1. The van der Waals surface area contributed by atoms with Crippen LogP contribution in [0, 0.1) is 19.3 Å². The molecular formula is C21H19N3OS. The molecule has 2 N–H and O–H groups in total. The Morgan fingerprint density at radius 2 is 1.85 bits per heavy atom. The van der Waals surface area contributed by atoms with Gasteiger partial charge < -0.3 is 5.11 Å². The van der Waals surface area contributed by atoms with Crippen LogP contribution in [0.2, 0.25) is 0 Å². The Morgan fingerprint density at radius 1 is 1.08 bits per heavy atom. The van der Waals surface area contributed by atoms with Crippen LogP contribution in [0.4, 0.5) is 5.69 Å². The van der Waals surface area contributed by atoms with Gasteiger partial charge in [-0.3, -0.25) is 15.0 Å². The van der Waals surface area contributed by atoms with Gasteiger partial charge in [-0.2, -0.15) is 0 Å². The number of nitrogens with zero attached hydrogens (tertiary/aromatic N) is 2. The smallest absolute Gasteiger partial charge is 0.215 e. The molecule has 0 radical (unpaired) electrons. The minimum absolute atomic E-state index is 0.0957. The molecule has 0 bridgehead atoms. The first-order chi connectivity index (χ1) is 12.5. The van der Waals surface area contributed by atoms with E-state index in [1.54, 1.807) is 4.57 Å². The standard InChI is InChI=1S/C21H19N3OS/c1-12-7-6-10-18(13(12)2)24-20(25)19(26-21(24)22)11-16-14(3)23-17-9-5-4-8-15(16)17/h4-11,22,25H,1-3H3. The lowest BCUT2D eigenvalue weighted by atomic mass is 10.0. The zero-order chi connectivity index (χ0) is 18.4. The van der Waals surface area contributed by atoms with Crippen molar-refractivity contribution in [3.8, 4) is 11.6 Å². The molecular weight excluding hydrogens is 342 g/mol. The number of aliphatic imine (C=N–C) groups is 1. The van der Waals surface area contributed by atoms with Gasteiger partial charge in [0.15, 0.2) is 4.80 Å². The van der Waals surface area contributed by atoms with Gasteiger partial charge in [-0.05, 0) is 50.1 Å². The minimum atomic E-state index is 0.0957. The summed E-state index contributed by atoms with van der Waals surface area (Å²) in [5, 5.41) is 19.2. The van der Waals surface area contributed by atoms with Crippen LogP contribution in [0.1, 0.15) is 28.5 Å². The fourth-order valence-corrected chi connectivity index (χ4v) is 4.09. The van der Waals surface area contributed by atoms with E-state index in [9.17, 15) is 5.11 Å². The molecule has 0 saturated carbocycles. The first-order valence-corrected chi connectivity index (χ1v) is 9.22. The molecule has 2 heterocycles. The number of rotatable bonds is 2. The van der Waals surface area contributed by atoms with Crippen LogP contribution in [-0.4, -0.2) is 15.4 Å². The van der Waals surface area contributed by atoms with Gasteiger partial charge in [-0.25, -0.2) is 0 Å². The number of benzene rings is 2. The van der Waals surface area contributed by atoms with Crippen molar-refractivity contribution in [1.82, 2.24) is 4.57 Å². The van der Waals surface area contributed by atoms with E-state index in [4.69, 9.17) is 5.41 Å². The summed E-state index contributed by atoms with van der Waals surface area (Å²) >= 11 is 1.26. The number of fused-ring (bicyclic) bond motifs is 1. The van der Waals surface area contributed by atoms with E-state index in [0.717, 1.165) is 39.3 Å². The lowest BCUT2D eigenvalue weighted by molar-refractivity contribution is 0.438. The number of aryl methyl sites for hydroxylation is 1. The maximum Gasteiger partial charge on any atom is 0.215 e. The van der Waals surface area contributed by atoms with Crippen molar-refractivity contribution in [3.63, 3.8) is 0 Å². The van der Waals surface area contributed by atoms with Gasteiger partial charge in [0.25, 0.3) is 0 Å². The van der Waals surface area contributed by atoms with Gasteiger partial charge in [-0.15, -0.1) is 0 Å². The second kappa shape index (κ2) is 6.11. The highest BCUT2D eigenvalue weighted by Gasteiger charge is 2.20. The number of allylic oxidation sites excluding steroid dienone is 1. The molecule has 2 aromatic carbocycles. The van der Waals surface area contributed by atoms with E-state index in [2.05, 4.69) is 4.99 Å². The molecule has 130 valence electrons. The molecule has 0 aliphatic carbocycles. The number of aromatic nitrogens is 1. The van der Waals surface area contributed by atoms with E-state index in [1.165, 1.54) is 11.3 Å². The van der Waals surface area contributed by atoms with Gasteiger partial charge in [0.2, 0.25) is 5.88 Å². The van der Waals surface area contributed by atoms with Gasteiger partial charge >= 0.3 is 0 Å². The number of para-hydroxylation sites is 1. The number of hydrogen-bond acceptors (Lipinski definition) is 4. The number of thiazole rings is 1. The summed E-state index contributed by atoms with van der Waals surface area (Å²) in [7, 11) is 0. The van der Waals surface area contributed by atoms with Crippen molar-refractivity contribution < 1.29 is 5.11 Å². The van der Waals surface area contributed by atoms with Gasteiger partial charge in [-0.1, -0.05) is 41.7 Å². The molecule has 26 heavy (non-hydrogen) atoms. The van der Waals surface area contributed by atoms with E-state index in [-0.39, 0.29) is 5.88 Å². The fourth-order valence-electron chi connectivity index (χ4n) is 3.25. The van der Waals surface area contributed by atoms with Crippen LogP contribution in [0.25, 0.3) is 17.3 Å². The highest BCUT2D eigenvalue weighted by Crippen LogP contribution is 2.37. The average Bonchev–Trinajstić information content (AvgIpc) is 3.08. The molecule has 0 unspecified atom stereocenters. The molecule has 0 fully saturated rings. The maximum atomic E-state index is 10.8.